The van der Waals surface area contributed by atoms with E-state index in [9.17, 15) is 4.79 Å². The number of likely N-dealkylation sites (tertiary alicyclic amines) is 1. The van der Waals surface area contributed by atoms with Crippen molar-refractivity contribution in [2.75, 3.05) is 19.6 Å². The van der Waals surface area contributed by atoms with E-state index in [0.717, 1.165) is 68.6 Å². The Morgan fingerprint density at radius 1 is 0.951 bits per heavy atom. The van der Waals surface area contributed by atoms with E-state index >= 15 is 0 Å². The van der Waals surface area contributed by atoms with Gasteiger partial charge in [-0.25, -0.2) is 4.98 Å². The second-order valence-electron chi connectivity index (χ2n) is 12.9. The first kappa shape index (κ1) is 26.5. The maximum absolute atomic E-state index is 13.1. The average Bonchev–Trinajstić information content (AvgIpc) is 3.46. The van der Waals surface area contributed by atoms with E-state index in [4.69, 9.17) is 9.72 Å². The third kappa shape index (κ3) is 4.59. The number of aromatic amines is 1. The molecule has 2 fully saturated rings. The van der Waals surface area contributed by atoms with Gasteiger partial charge in [0.1, 0.15) is 11.4 Å². The van der Waals surface area contributed by atoms with Crippen LogP contribution >= 0.6 is 0 Å². The molecule has 1 saturated heterocycles. The molecule has 3 aliphatic carbocycles. The summed E-state index contributed by atoms with van der Waals surface area (Å²) < 4.78 is 6.55. The highest BCUT2D eigenvalue weighted by atomic mass is 16.6. The van der Waals surface area contributed by atoms with Crippen LogP contribution in [0.4, 0.5) is 0 Å². The average molecular weight is 548 g/mol. The lowest BCUT2D eigenvalue weighted by Crippen LogP contribution is -2.52. The number of H-pyrrole nitrogens is 1. The fourth-order valence-corrected chi connectivity index (χ4v) is 8.06. The summed E-state index contributed by atoms with van der Waals surface area (Å²) >= 11 is 0. The van der Waals surface area contributed by atoms with E-state index < -0.39 is 5.60 Å². The number of imidazole rings is 1. The lowest BCUT2D eigenvalue weighted by Gasteiger charge is -2.52. The number of hydrogen-bond donors (Lipinski definition) is 1. The van der Waals surface area contributed by atoms with E-state index in [2.05, 4.69) is 88.7 Å². The predicted molar refractivity (Wildman–Crippen MR) is 163 cm³/mol. The highest BCUT2D eigenvalue weighted by Gasteiger charge is 2.53. The number of carbonyl (C=O) groups is 1. The Kier molecular flexibility index (Phi) is 6.73. The number of nitrogens with one attached hydrogen (secondary N) is 1. The van der Waals surface area contributed by atoms with Crippen LogP contribution < -0.4 is 0 Å². The van der Waals surface area contributed by atoms with Crippen LogP contribution in [0.1, 0.15) is 86.7 Å². The molecule has 1 N–H and O–H groups in total. The normalized spacial score (nSPS) is 25.3. The molecular weight excluding hydrogens is 506 g/mol. The maximum atomic E-state index is 13.1. The van der Waals surface area contributed by atoms with Crippen molar-refractivity contribution in [3.05, 3.63) is 101 Å². The number of aromatic nitrogens is 2. The number of esters is 1. The van der Waals surface area contributed by atoms with Crippen LogP contribution in [0.25, 0.3) is 11.0 Å². The molecule has 2 heterocycles. The van der Waals surface area contributed by atoms with Crippen molar-refractivity contribution in [2.24, 2.45) is 5.92 Å². The van der Waals surface area contributed by atoms with Crippen molar-refractivity contribution in [2.45, 2.75) is 75.2 Å². The molecule has 8 rings (SSSR count). The Morgan fingerprint density at radius 3 is 2.41 bits per heavy atom. The molecule has 5 nitrogen and oxygen atoms in total. The van der Waals surface area contributed by atoms with Crippen molar-refractivity contribution in [3.63, 3.8) is 0 Å². The second-order valence-corrected chi connectivity index (χ2v) is 12.9. The monoisotopic (exact) mass is 547 g/mol. The summed E-state index contributed by atoms with van der Waals surface area (Å²) in [4.78, 5) is 24.5. The molecule has 1 saturated carbocycles. The molecule has 2 bridgehead atoms. The smallest absolute Gasteiger partial charge is 0.308 e. The van der Waals surface area contributed by atoms with Crippen LogP contribution in [-0.4, -0.2) is 46.1 Å². The second kappa shape index (κ2) is 10.4. The van der Waals surface area contributed by atoms with Gasteiger partial charge in [0.2, 0.25) is 0 Å². The number of nitrogens with zero attached hydrogens (tertiary/aromatic N) is 2. The predicted octanol–water partition coefficient (Wildman–Crippen LogP) is 7.34. The van der Waals surface area contributed by atoms with Crippen LogP contribution in [0.2, 0.25) is 0 Å². The van der Waals surface area contributed by atoms with Gasteiger partial charge in [0.15, 0.2) is 0 Å². The molecule has 1 aliphatic heterocycles. The zero-order chi connectivity index (χ0) is 28.0. The number of rotatable bonds is 7. The molecule has 41 heavy (non-hydrogen) atoms. The molecule has 3 aromatic carbocycles. The SMILES string of the molecule is CC(C)C(=O)O[C@@]1(CCN2CCC(c3ccccc3)(c3nc4ccccc4[nH]3)CC2)C[C@@H]2CC[C@@H]1c1ccccc12. The van der Waals surface area contributed by atoms with Gasteiger partial charge in [0, 0.05) is 18.9 Å². The van der Waals surface area contributed by atoms with Crippen LogP contribution in [0.15, 0.2) is 78.9 Å². The highest BCUT2D eigenvalue weighted by molar-refractivity contribution is 5.75. The number of piperidine rings is 1. The van der Waals surface area contributed by atoms with Crippen molar-refractivity contribution in [1.82, 2.24) is 14.9 Å². The van der Waals surface area contributed by atoms with Crippen LogP contribution in [-0.2, 0) is 14.9 Å². The third-order valence-electron chi connectivity index (χ3n) is 10.3. The highest BCUT2D eigenvalue weighted by Crippen LogP contribution is 2.57. The lowest BCUT2D eigenvalue weighted by molar-refractivity contribution is -0.174. The Bertz CT molecular complexity index is 1500. The number of para-hydroxylation sites is 2. The number of carbonyl (C=O) groups excluding carboxylic acids is 1. The first-order valence-electron chi connectivity index (χ1n) is 15.5. The van der Waals surface area contributed by atoms with Gasteiger partial charge in [0.25, 0.3) is 0 Å². The summed E-state index contributed by atoms with van der Waals surface area (Å²) in [5.74, 6) is 1.68. The van der Waals surface area contributed by atoms with Gasteiger partial charge in [-0.1, -0.05) is 80.6 Å². The fourth-order valence-electron chi connectivity index (χ4n) is 8.06. The first-order valence-corrected chi connectivity index (χ1v) is 15.5. The molecule has 212 valence electrons. The summed E-state index contributed by atoms with van der Waals surface area (Å²) in [6, 6.07) is 28.2. The van der Waals surface area contributed by atoms with Crippen molar-refractivity contribution >= 4 is 17.0 Å². The minimum atomic E-state index is -0.411. The van der Waals surface area contributed by atoms with Crippen LogP contribution in [0.5, 0.6) is 0 Å². The van der Waals surface area contributed by atoms with Gasteiger partial charge < -0.3 is 14.6 Å². The largest absolute Gasteiger partial charge is 0.458 e. The minimum absolute atomic E-state index is 0.0540. The van der Waals surface area contributed by atoms with E-state index in [1.165, 1.54) is 23.1 Å². The molecule has 0 radical (unpaired) electrons. The Hall–Kier alpha value is -3.44. The van der Waals surface area contributed by atoms with Crippen molar-refractivity contribution < 1.29 is 9.53 Å². The van der Waals surface area contributed by atoms with E-state index in [1.807, 2.05) is 13.8 Å². The fraction of sp³-hybridized carbons (Fsp3) is 0.444. The van der Waals surface area contributed by atoms with Crippen LogP contribution in [0.3, 0.4) is 0 Å². The van der Waals surface area contributed by atoms with Gasteiger partial charge in [-0.15, -0.1) is 0 Å². The van der Waals surface area contributed by atoms with Gasteiger partial charge in [-0.05, 0) is 79.9 Å². The zero-order valence-corrected chi connectivity index (χ0v) is 24.3. The summed E-state index contributed by atoms with van der Waals surface area (Å²) in [6.07, 6.45) is 6.16. The zero-order valence-electron chi connectivity index (χ0n) is 24.3. The van der Waals surface area contributed by atoms with Gasteiger partial charge in [-0.2, -0.15) is 0 Å². The topological polar surface area (TPSA) is 58.2 Å². The molecule has 4 aromatic rings. The summed E-state index contributed by atoms with van der Waals surface area (Å²) in [5.41, 5.74) is 5.81. The first-order chi connectivity index (χ1) is 20.0. The molecular formula is C36H41N3O2. The Balaban J connectivity index is 1.13. The molecule has 0 spiro atoms. The van der Waals surface area contributed by atoms with Crippen LogP contribution in [0, 0.1) is 5.92 Å². The minimum Gasteiger partial charge on any atom is -0.458 e. The molecule has 0 amide bonds. The van der Waals surface area contributed by atoms with Crippen molar-refractivity contribution in [1.29, 1.82) is 0 Å². The Morgan fingerprint density at radius 2 is 1.66 bits per heavy atom. The third-order valence-corrected chi connectivity index (χ3v) is 10.3. The van der Waals surface area contributed by atoms with Gasteiger partial charge in [0.05, 0.1) is 22.4 Å². The molecule has 3 atom stereocenters. The number of benzene rings is 3. The maximum Gasteiger partial charge on any atom is 0.308 e. The lowest BCUT2D eigenvalue weighted by atomic mass is 9.58. The number of hydrogen-bond acceptors (Lipinski definition) is 4. The van der Waals surface area contributed by atoms with Gasteiger partial charge >= 0.3 is 5.97 Å². The molecule has 1 aromatic heterocycles. The standard InChI is InChI=1S/C36H41N3O2/c1-25(2)33(40)41-36(24-26-16-17-30(36)29-13-7-6-12-28(26)29)20-23-39-21-18-35(19-22-39,27-10-4-3-5-11-27)34-37-31-14-8-9-15-32(31)38-34/h3-15,25-26,30H,16-24H2,1-2H3,(H,37,38)/t26-,30+,36-/m0/s1. The quantitative estimate of drug-likeness (QED) is 0.246. The summed E-state index contributed by atoms with van der Waals surface area (Å²) in [5, 5.41) is 0. The van der Waals surface area contributed by atoms with E-state index in [1.54, 1.807) is 0 Å². The van der Waals surface area contributed by atoms with E-state index in [0.29, 0.717) is 5.92 Å². The molecule has 0 unspecified atom stereocenters. The van der Waals surface area contributed by atoms with E-state index in [-0.39, 0.29) is 23.2 Å². The van der Waals surface area contributed by atoms with Crippen molar-refractivity contribution in [3.8, 4) is 0 Å². The number of ether oxygens (including phenoxy) is 1. The molecule has 4 aliphatic rings. The van der Waals surface area contributed by atoms with Gasteiger partial charge in [-0.3, -0.25) is 4.79 Å². The summed E-state index contributed by atoms with van der Waals surface area (Å²) in [7, 11) is 0. The summed E-state index contributed by atoms with van der Waals surface area (Å²) in [6.45, 7) is 6.84. The number of fused-ring (bicyclic) bond motifs is 3. The molecule has 5 heteroatoms. The Labute approximate surface area is 243 Å².